The topological polar surface area (TPSA) is 78.9 Å². The number of likely N-dealkylation sites (N-methyl/N-ethyl adjacent to an activating group) is 1. The van der Waals surface area contributed by atoms with Gasteiger partial charge in [0.05, 0.1) is 25.8 Å². The summed E-state index contributed by atoms with van der Waals surface area (Å²) in [7, 11) is 0. The summed E-state index contributed by atoms with van der Waals surface area (Å²) in [5.41, 5.74) is 0. The van der Waals surface area contributed by atoms with Crippen molar-refractivity contribution in [2.75, 3.05) is 26.3 Å². The van der Waals surface area contributed by atoms with Crippen LogP contribution in [0.15, 0.2) is 0 Å². The molecule has 0 aromatic rings. The molecule has 6 heteroatoms. The SMILES string of the molecule is CCC(C)NCC(=O)N(CC)C1COCC1C(=O)O. The van der Waals surface area contributed by atoms with Gasteiger partial charge in [-0.05, 0) is 20.3 Å². The first-order chi connectivity index (χ1) is 9.01. The van der Waals surface area contributed by atoms with Crippen LogP contribution in [0, 0.1) is 5.92 Å². The molecule has 1 aliphatic heterocycles. The molecule has 0 aromatic heterocycles. The minimum absolute atomic E-state index is 0.0652. The summed E-state index contributed by atoms with van der Waals surface area (Å²) in [6.07, 6.45) is 0.948. The summed E-state index contributed by atoms with van der Waals surface area (Å²) in [6, 6.07) is -0.0773. The quantitative estimate of drug-likeness (QED) is 0.698. The van der Waals surface area contributed by atoms with Crippen LogP contribution in [0.25, 0.3) is 0 Å². The zero-order chi connectivity index (χ0) is 14.4. The number of hydrogen-bond donors (Lipinski definition) is 2. The van der Waals surface area contributed by atoms with E-state index in [1.807, 2.05) is 20.8 Å². The molecule has 6 nitrogen and oxygen atoms in total. The Balaban J connectivity index is 2.61. The highest BCUT2D eigenvalue weighted by molar-refractivity contribution is 5.80. The molecule has 1 amide bonds. The number of hydrogen-bond acceptors (Lipinski definition) is 4. The average Bonchev–Trinajstić information content (AvgIpc) is 2.86. The van der Waals surface area contributed by atoms with E-state index in [0.29, 0.717) is 13.2 Å². The first-order valence-corrected chi connectivity index (χ1v) is 6.84. The van der Waals surface area contributed by atoms with Crippen molar-refractivity contribution in [2.45, 2.75) is 39.3 Å². The van der Waals surface area contributed by atoms with Crippen LogP contribution in [0.4, 0.5) is 0 Å². The zero-order valence-corrected chi connectivity index (χ0v) is 11.9. The van der Waals surface area contributed by atoms with Crippen LogP contribution >= 0.6 is 0 Å². The molecular weight excluding hydrogens is 248 g/mol. The van der Waals surface area contributed by atoms with Crippen molar-refractivity contribution < 1.29 is 19.4 Å². The molecule has 0 saturated carbocycles. The maximum absolute atomic E-state index is 12.2. The van der Waals surface area contributed by atoms with Crippen molar-refractivity contribution in [1.29, 1.82) is 0 Å². The van der Waals surface area contributed by atoms with Crippen LogP contribution in [-0.2, 0) is 14.3 Å². The van der Waals surface area contributed by atoms with Gasteiger partial charge in [0.1, 0.15) is 5.92 Å². The lowest BCUT2D eigenvalue weighted by Crippen LogP contribution is -2.50. The second kappa shape index (κ2) is 7.45. The van der Waals surface area contributed by atoms with Crippen LogP contribution in [0.3, 0.4) is 0 Å². The van der Waals surface area contributed by atoms with E-state index >= 15 is 0 Å². The maximum Gasteiger partial charge on any atom is 0.311 e. The van der Waals surface area contributed by atoms with Gasteiger partial charge in [0.25, 0.3) is 0 Å². The highest BCUT2D eigenvalue weighted by Crippen LogP contribution is 2.20. The number of nitrogens with zero attached hydrogens (tertiary/aromatic N) is 1. The minimum Gasteiger partial charge on any atom is -0.481 e. The van der Waals surface area contributed by atoms with Crippen LogP contribution in [0.1, 0.15) is 27.2 Å². The van der Waals surface area contributed by atoms with Gasteiger partial charge in [-0.2, -0.15) is 0 Å². The molecule has 1 aliphatic rings. The molecule has 1 rings (SSSR count). The van der Waals surface area contributed by atoms with E-state index < -0.39 is 11.9 Å². The average molecular weight is 272 g/mol. The lowest BCUT2D eigenvalue weighted by atomic mass is 10.0. The number of carbonyl (C=O) groups is 2. The summed E-state index contributed by atoms with van der Waals surface area (Å²) in [5.74, 6) is -1.58. The van der Waals surface area contributed by atoms with E-state index in [1.54, 1.807) is 4.90 Å². The summed E-state index contributed by atoms with van der Waals surface area (Å²) >= 11 is 0. The van der Waals surface area contributed by atoms with Crippen molar-refractivity contribution in [3.8, 4) is 0 Å². The minimum atomic E-state index is -0.899. The molecule has 1 saturated heterocycles. The van der Waals surface area contributed by atoms with Gasteiger partial charge in [-0.15, -0.1) is 0 Å². The van der Waals surface area contributed by atoms with E-state index in [1.165, 1.54) is 0 Å². The van der Waals surface area contributed by atoms with E-state index in [2.05, 4.69) is 5.32 Å². The number of carboxylic acids is 1. The van der Waals surface area contributed by atoms with Gasteiger partial charge in [-0.3, -0.25) is 9.59 Å². The fourth-order valence-electron chi connectivity index (χ4n) is 2.19. The largest absolute Gasteiger partial charge is 0.481 e. The van der Waals surface area contributed by atoms with Crippen molar-refractivity contribution >= 4 is 11.9 Å². The number of rotatable bonds is 7. The molecule has 0 aliphatic carbocycles. The normalized spacial score (nSPS) is 24.2. The van der Waals surface area contributed by atoms with E-state index in [9.17, 15) is 9.59 Å². The van der Waals surface area contributed by atoms with Gasteiger partial charge in [0.2, 0.25) is 5.91 Å². The molecule has 0 bridgehead atoms. The first-order valence-electron chi connectivity index (χ1n) is 6.84. The number of carboxylic acid groups (broad SMARTS) is 1. The highest BCUT2D eigenvalue weighted by Gasteiger charge is 2.39. The van der Waals surface area contributed by atoms with Crippen LogP contribution in [-0.4, -0.2) is 60.3 Å². The number of carbonyl (C=O) groups excluding carboxylic acids is 1. The first kappa shape index (κ1) is 15.9. The van der Waals surface area contributed by atoms with Gasteiger partial charge >= 0.3 is 5.97 Å². The third-order valence-corrected chi connectivity index (χ3v) is 3.64. The van der Waals surface area contributed by atoms with Crippen LogP contribution in [0.5, 0.6) is 0 Å². The number of aliphatic carboxylic acids is 1. The summed E-state index contributed by atoms with van der Waals surface area (Å²) in [5, 5.41) is 12.3. The van der Waals surface area contributed by atoms with Gasteiger partial charge in [0.15, 0.2) is 0 Å². The Morgan fingerprint density at radius 3 is 2.63 bits per heavy atom. The molecule has 0 aromatic carbocycles. The van der Waals surface area contributed by atoms with E-state index in [0.717, 1.165) is 6.42 Å². The molecule has 2 N–H and O–H groups in total. The Kier molecular flexibility index (Phi) is 6.24. The molecule has 0 radical (unpaired) electrons. The molecule has 1 fully saturated rings. The van der Waals surface area contributed by atoms with E-state index in [-0.39, 0.29) is 31.1 Å². The van der Waals surface area contributed by atoms with Crippen LogP contribution in [0.2, 0.25) is 0 Å². The summed E-state index contributed by atoms with van der Waals surface area (Å²) in [4.78, 5) is 24.9. The molecule has 1 heterocycles. The molecule has 0 spiro atoms. The fourth-order valence-corrected chi connectivity index (χ4v) is 2.19. The van der Waals surface area contributed by atoms with Gasteiger partial charge in [-0.25, -0.2) is 0 Å². The van der Waals surface area contributed by atoms with Gasteiger partial charge in [-0.1, -0.05) is 6.92 Å². The van der Waals surface area contributed by atoms with Crippen molar-refractivity contribution in [3.63, 3.8) is 0 Å². The highest BCUT2D eigenvalue weighted by atomic mass is 16.5. The standard InChI is InChI=1S/C13H24N2O4/c1-4-9(3)14-6-12(16)15(5-2)11-8-19-7-10(11)13(17)18/h9-11,14H,4-8H2,1-3H3,(H,17,18). The summed E-state index contributed by atoms with van der Waals surface area (Å²) in [6.45, 7) is 7.15. The third-order valence-electron chi connectivity index (χ3n) is 3.64. The van der Waals surface area contributed by atoms with E-state index in [4.69, 9.17) is 9.84 Å². The number of nitrogens with one attached hydrogen (secondary N) is 1. The van der Waals surface area contributed by atoms with Crippen LogP contribution < -0.4 is 5.32 Å². The smallest absolute Gasteiger partial charge is 0.311 e. The molecule has 3 atom stereocenters. The van der Waals surface area contributed by atoms with Crippen molar-refractivity contribution in [2.24, 2.45) is 5.92 Å². The number of amides is 1. The summed E-state index contributed by atoms with van der Waals surface area (Å²) < 4.78 is 5.22. The van der Waals surface area contributed by atoms with Crippen molar-refractivity contribution in [3.05, 3.63) is 0 Å². The second-order valence-corrected chi connectivity index (χ2v) is 4.92. The number of ether oxygens (including phenoxy) is 1. The Hall–Kier alpha value is -1.14. The van der Waals surface area contributed by atoms with Crippen molar-refractivity contribution in [1.82, 2.24) is 10.2 Å². The third kappa shape index (κ3) is 4.18. The molecule has 110 valence electrons. The second-order valence-electron chi connectivity index (χ2n) is 4.92. The predicted molar refractivity (Wildman–Crippen MR) is 70.9 cm³/mol. The monoisotopic (exact) mass is 272 g/mol. The Morgan fingerprint density at radius 2 is 2.11 bits per heavy atom. The Labute approximate surface area is 114 Å². The Bertz CT molecular complexity index is 322. The fraction of sp³-hybridized carbons (Fsp3) is 0.846. The predicted octanol–water partition coefficient (Wildman–Crippen LogP) is 0.323. The van der Waals surface area contributed by atoms with Gasteiger partial charge in [0, 0.05) is 12.6 Å². The molecule has 3 unspecified atom stereocenters. The molecule has 19 heavy (non-hydrogen) atoms. The zero-order valence-electron chi connectivity index (χ0n) is 11.9. The molecular formula is C13H24N2O4. The Morgan fingerprint density at radius 1 is 1.42 bits per heavy atom. The lowest BCUT2D eigenvalue weighted by molar-refractivity contribution is -0.144. The van der Waals surface area contributed by atoms with Gasteiger partial charge < -0.3 is 20.1 Å². The maximum atomic E-state index is 12.2. The lowest BCUT2D eigenvalue weighted by Gasteiger charge is -2.29.